The number of rotatable bonds is 5. The number of carboxylic acid groups (broad SMARTS) is 1. The fourth-order valence-electron chi connectivity index (χ4n) is 2.08. The zero-order valence-electron chi connectivity index (χ0n) is 10.1. The molecule has 0 saturated carbocycles. The van der Waals surface area contributed by atoms with E-state index >= 15 is 0 Å². The molecule has 6 nitrogen and oxygen atoms in total. The third-order valence-corrected chi connectivity index (χ3v) is 3.12. The van der Waals surface area contributed by atoms with Crippen LogP contribution in [-0.2, 0) is 14.4 Å². The van der Waals surface area contributed by atoms with Gasteiger partial charge in [-0.3, -0.25) is 14.4 Å². The lowest BCUT2D eigenvalue weighted by Crippen LogP contribution is -2.36. The predicted molar refractivity (Wildman–Crippen MR) is 60.5 cm³/mol. The first kappa shape index (κ1) is 13.6. The Balaban J connectivity index is 2.54. The van der Waals surface area contributed by atoms with E-state index in [2.05, 4.69) is 5.32 Å². The van der Waals surface area contributed by atoms with Crippen molar-refractivity contribution in [2.45, 2.75) is 25.8 Å². The standard InChI is InChI=1S/C11H18N2O4/c1-7(14)8-5-13(6-9(8)12-2)10(15)3-4-11(16)17/h8-9,12H,3-6H2,1-2H3,(H,16,17)/t8-,9+/m1/s1. The van der Waals surface area contributed by atoms with Gasteiger partial charge >= 0.3 is 5.97 Å². The number of ketones is 1. The van der Waals surface area contributed by atoms with Crippen LogP contribution >= 0.6 is 0 Å². The van der Waals surface area contributed by atoms with Gasteiger partial charge in [0.15, 0.2) is 0 Å². The molecule has 0 aromatic heterocycles. The number of carboxylic acids is 1. The molecule has 6 heteroatoms. The number of aliphatic carboxylic acids is 1. The van der Waals surface area contributed by atoms with Gasteiger partial charge < -0.3 is 15.3 Å². The number of hydrogen-bond donors (Lipinski definition) is 2. The Hall–Kier alpha value is -1.43. The van der Waals surface area contributed by atoms with Gasteiger partial charge in [0.1, 0.15) is 5.78 Å². The number of likely N-dealkylation sites (N-methyl/N-ethyl adjacent to an activating group) is 1. The summed E-state index contributed by atoms with van der Waals surface area (Å²) in [5, 5.41) is 11.5. The molecule has 17 heavy (non-hydrogen) atoms. The smallest absolute Gasteiger partial charge is 0.303 e. The number of hydrogen-bond acceptors (Lipinski definition) is 4. The normalized spacial score (nSPS) is 23.8. The minimum Gasteiger partial charge on any atom is -0.481 e. The van der Waals surface area contributed by atoms with Crippen LogP contribution in [0.5, 0.6) is 0 Å². The maximum atomic E-state index is 11.7. The molecule has 0 spiro atoms. The topological polar surface area (TPSA) is 86.7 Å². The Bertz CT molecular complexity index is 329. The Labute approximate surface area is 100.0 Å². The molecule has 1 rings (SSSR count). The largest absolute Gasteiger partial charge is 0.481 e. The van der Waals surface area contributed by atoms with Crippen LogP contribution in [0.2, 0.25) is 0 Å². The summed E-state index contributed by atoms with van der Waals surface area (Å²) in [6.07, 6.45) is -0.166. The highest BCUT2D eigenvalue weighted by Gasteiger charge is 2.36. The summed E-state index contributed by atoms with van der Waals surface area (Å²) in [7, 11) is 1.76. The summed E-state index contributed by atoms with van der Waals surface area (Å²) in [5.41, 5.74) is 0. The van der Waals surface area contributed by atoms with Gasteiger partial charge in [-0.05, 0) is 14.0 Å². The van der Waals surface area contributed by atoms with Crippen molar-refractivity contribution in [3.8, 4) is 0 Å². The molecule has 0 aromatic rings. The third kappa shape index (κ3) is 3.52. The molecule has 1 amide bonds. The average Bonchev–Trinajstić information content (AvgIpc) is 2.69. The van der Waals surface area contributed by atoms with Crippen LogP contribution in [0.1, 0.15) is 19.8 Å². The van der Waals surface area contributed by atoms with Crippen molar-refractivity contribution in [1.82, 2.24) is 10.2 Å². The van der Waals surface area contributed by atoms with E-state index in [4.69, 9.17) is 5.11 Å². The second kappa shape index (κ2) is 5.77. The van der Waals surface area contributed by atoms with Gasteiger partial charge in [-0.2, -0.15) is 0 Å². The van der Waals surface area contributed by atoms with Crippen molar-refractivity contribution in [3.05, 3.63) is 0 Å². The summed E-state index contributed by atoms with van der Waals surface area (Å²) in [6, 6.07) is -0.0266. The lowest BCUT2D eigenvalue weighted by Gasteiger charge is -2.15. The van der Waals surface area contributed by atoms with Gasteiger partial charge in [0, 0.05) is 25.6 Å². The number of Topliss-reactive ketones (excluding diaryl/α,β-unsaturated/α-hetero) is 1. The molecule has 0 aromatic carbocycles. The van der Waals surface area contributed by atoms with Crippen LogP contribution in [-0.4, -0.2) is 53.8 Å². The van der Waals surface area contributed by atoms with E-state index in [0.717, 1.165) is 0 Å². The molecule has 0 unspecified atom stereocenters. The highest BCUT2D eigenvalue weighted by atomic mass is 16.4. The minimum atomic E-state index is -0.981. The molecular weight excluding hydrogens is 224 g/mol. The number of nitrogens with one attached hydrogen (secondary N) is 1. The lowest BCUT2D eigenvalue weighted by molar-refractivity contribution is -0.140. The van der Waals surface area contributed by atoms with E-state index in [9.17, 15) is 14.4 Å². The molecule has 1 fully saturated rings. The van der Waals surface area contributed by atoms with Gasteiger partial charge in [0.25, 0.3) is 0 Å². The van der Waals surface area contributed by atoms with Gasteiger partial charge in [-0.15, -0.1) is 0 Å². The summed E-state index contributed by atoms with van der Waals surface area (Å²) < 4.78 is 0. The molecule has 2 atom stereocenters. The van der Waals surface area contributed by atoms with Crippen LogP contribution in [0.3, 0.4) is 0 Å². The summed E-state index contributed by atoms with van der Waals surface area (Å²) >= 11 is 0. The fraction of sp³-hybridized carbons (Fsp3) is 0.727. The molecule has 1 aliphatic heterocycles. The summed E-state index contributed by atoms with van der Waals surface area (Å²) in [4.78, 5) is 35.0. The number of carbonyl (C=O) groups is 3. The Morgan fingerprint density at radius 3 is 2.35 bits per heavy atom. The minimum absolute atomic E-state index is 0.00358. The first-order valence-corrected chi connectivity index (χ1v) is 5.63. The van der Waals surface area contributed by atoms with Gasteiger partial charge in [0.2, 0.25) is 5.91 Å². The highest BCUT2D eigenvalue weighted by molar-refractivity contribution is 5.84. The molecule has 1 aliphatic rings. The van der Waals surface area contributed by atoms with Crippen LogP contribution in [0.4, 0.5) is 0 Å². The number of carbonyl (C=O) groups excluding carboxylic acids is 2. The van der Waals surface area contributed by atoms with Crippen LogP contribution in [0, 0.1) is 5.92 Å². The van der Waals surface area contributed by atoms with Crippen molar-refractivity contribution < 1.29 is 19.5 Å². The van der Waals surface area contributed by atoms with E-state index in [-0.39, 0.29) is 36.5 Å². The maximum absolute atomic E-state index is 11.7. The van der Waals surface area contributed by atoms with Crippen LogP contribution < -0.4 is 5.32 Å². The van der Waals surface area contributed by atoms with Crippen LogP contribution in [0.25, 0.3) is 0 Å². The van der Waals surface area contributed by atoms with Crippen LogP contribution in [0.15, 0.2) is 0 Å². The molecule has 0 radical (unpaired) electrons. The van der Waals surface area contributed by atoms with E-state index in [1.54, 1.807) is 11.9 Å². The zero-order chi connectivity index (χ0) is 13.0. The van der Waals surface area contributed by atoms with Crippen molar-refractivity contribution >= 4 is 17.7 Å². The molecule has 96 valence electrons. The first-order valence-electron chi connectivity index (χ1n) is 5.63. The van der Waals surface area contributed by atoms with E-state index in [1.165, 1.54) is 6.92 Å². The number of amides is 1. The Kier molecular flexibility index (Phi) is 4.62. The second-order valence-corrected chi connectivity index (χ2v) is 4.30. The highest BCUT2D eigenvalue weighted by Crippen LogP contribution is 2.18. The van der Waals surface area contributed by atoms with E-state index < -0.39 is 5.97 Å². The quantitative estimate of drug-likeness (QED) is 0.678. The Morgan fingerprint density at radius 2 is 1.94 bits per heavy atom. The van der Waals surface area contributed by atoms with Crippen molar-refractivity contribution in [2.75, 3.05) is 20.1 Å². The van der Waals surface area contributed by atoms with E-state index in [1.807, 2.05) is 0 Å². The Morgan fingerprint density at radius 1 is 1.29 bits per heavy atom. The number of nitrogens with zero attached hydrogens (tertiary/aromatic N) is 1. The SMILES string of the molecule is CN[C@H]1CN(C(=O)CCC(=O)O)C[C@@H]1C(C)=O. The van der Waals surface area contributed by atoms with Crippen molar-refractivity contribution in [3.63, 3.8) is 0 Å². The van der Waals surface area contributed by atoms with Gasteiger partial charge in [0.05, 0.1) is 12.3 Å². The maximum Gasteiger partial charge on any atom is 0.303 e. The molecule has 1 saturated heterocycles. The molecule has 1 heterocycles. The molecular formula is C11H18N2O4. The van der Waals surface area contributed by atoms with Gasteiger partial charge in [-0.1, -0.05) is 0 Å². The van der Waals surface area contributed by atoms with Gasteiger partial charge in [-0.25, -0.2) is 0 Å². The third-order valence-electron chi connectivity index (χ3n) is 3.12. The molecule has 0 aliphatic carbocycles. The van der Waals surface area contributed by atoms with E-state index in [0.29, 0.717) is 13.1 Å². The fourth-order valence-corrected chi connectivity index (χ4v) is 2.08. The summed E-state index contributed by atoms with van der Waals surface area (Å²) in [5.74, 6) is -1.31. The first-order chi connectivity index (χ1) is 7.95. The predicted octanol–water partition coefficient (Wildman–Crippen LogP) is -0.513. The van der Waals surface area contributed by atoms with Crippen molar-refractivity contribution in [1.29, 1.82) is 0 Å². The molecule has 0 bridgehead atoms. The zero-order valence-corrected chi connectivity index (χ0v) is 10.1. The lowest BCUT2D eigenvalue weighted by atomic mass is 10.00. The second-order valence-electron chi connectivity index (χ2n) is 4.30. The average molecular weight is 242 g/mol. The number of likely N-dealkylation sites (tertiary alicyclic amines) is 1. The molecule has 2 N–H and O–H groups in total. The monoisotopic (exact) mass is 242 g/mol. The summed E-state index contributed by atoms with van der Waals surface area (Å²) in [6.45, 7) is 2.37. The van der Waals surface area contributed by atoms with Crippen molar-refractivity contribution in [2.24, 2.45) is 5.92 Å².